The number of ketones is 1. The Morgan fingerprint density at radius 1 is 1.06 bits per heavy atom. The Hall–Kier alpha value is -2.60. The number of carbonyl (C=O) groups is 3. The molecule has 1 saturated heterocycles. The highest BCUT2D eigenvalue weighted by atomic mass is 32.2. The summed E-state index contributed by atoms with van der Waals surface area (Å²) in [5.41, 5.74) is 0.550. The number of nitrogens with zero attached hydrogens (tertiary/aromatic N) is 1. The summed E-state index contributed by atoms with van der Waals surface area (Å²) in [6, 6.07) is 9.78. The van der Waals surface area contributed by atoms with E-state index in [-0.39, 0.29) is 49.0 Å². The fraction of sp³-hybridized carbons (Fsp3) is 0.409. The van der Waals surface area contributed by atoms with E-state index in [1.54, 1.807) is 29.6 Å². The van der Waals surface area contributed by atoms with E-state index in [0.29, 0.717) is 36.7 Å². The molecular formula is C22H26N2O7S2. The van der Waals surface area contributed by atoms with E-state index in [1.807, 2.05) is 0 Å². The van der Waals surface area contributed by atoms with E-state index in [2.05, 4.69) is 5.32 Å². The van der Waals surface area contributed by atoms with Crippen LogP contribution in [0.5, 0.6) is 0 Å². The van der Waals surface area contributed by atoms with Crippen LogP contribution in [0.2, 0.25) is 0 Å². The minimum atomic E-state index is -3.63. The highest BCUT2D eigenvalue weighted by Gasteiger charge is 2.26. The summed E-state index contributed by atoms with van der Waals surface area (Å²) in [4.78, 5) is 36.5. The summed E-state index contributed by atoms with van der Waals surface area (Å²) in [6.07, 6.45) is 0.132. The van der Waals surface area contributed by atoms with Gasteiger partial charge in [0.15, 0.2) is 5.78 Å². The molecule has 2 heterocycles. The predicted octanol–water partition coefficient (Wildman–Crippen LogP) is 1.98. The van der Waals surface area contributed by atoms with E-state index in [9.17, 15) is 22.8 Å². The second-order valence-electron chi connectivity index (χ2n) is 7.32. The van der Waals surface area contributed by atoms with Crippen LogP contribution in [0.1, 0.15) is 34.5 Å². The lowest BCUT2D eigenvalue weighted by molar-refractivity contribution is -0.144. The molecule has 2 aromatic rings. The number of benzene rings is 1. The van der Waals surface area contributed by atoms with Gasteiger partial charge in [-0.3, -0.25) is 14.4 Å². The zero-order valence-corrected chi connectivity index (χ0v) is 19.7. The molecule has 9 nitrogen and oxygen atoms in total. The van der Waals surface area contributed by atoms with Crippen molar-refractivity contribution >= 4 is 39.0 Å². The van der Waals surface area contributed by atoms with Crippen LogP contribution < -0.4 is 5.32 Å². The van der Waals surface area contributed by atoms with Gasteiger partial charge >= 0.3 is 5.97 Å². The number of amides is 1. The number of nitrogens with one attached hydrogen (secondary N) is 1. The first-order valence-electron chi connectivity index (χ1n) is 10.5. The van der Waals surface area contributed by atoms with Crippen molar-refractivity contribution in [1.29, 1.82) is 0 Å². The van der Waals surface area contributed by atoms with Crippen molar-refractivity contribution in [3.63, 3.8) is 0 Å². The number of hydrogen-bond donors (Lipinski definition) is 1. The van der Waals surface area contributed by atoms with Crippen molar-refractivity contribution < 1.29 is 32.3 Å². The van der Waals surface area contributed by atoms with E-state index >= 15 is 0 Å². The minimum absolute atomic E-state index is 0.0314. The third-order valence-corrected chi connectivity index (χ3v) is 7.74. The average Bonchev–Trinajstić information content (AvgIpc) is 3.37. The van der Waals surface area contributed by atoms with Crippen LogP contribution in [0.3, 0.4) is 0 Å². The molecule has 1 fully saturated rings. The SMILES string of the molecule is O=C(CCC(=O)c1cccs1)NCCC(=O)OCc1cccc(S(=O)(=O)N2CCOCC2)c1. The number of sulfonamides is 1. The molecule has 178 valence electrons. The third-order valence-electron chi connectivity index (χ3n) is 4.93. The van der Waals surface area contributed by atoms with Gasteiger partial charge in [0.2, 0.25) is 15.9 Å². The summed E-state index contributed by atoms with van der Waals surface area (Å²) >= 11 is 1.33. The van der Waals surface area contributed by atoms with E-state index in [4.69, 9.17) is 9.47 Å². The monoisotopic (exact) mass is 494 g/mol. The molecule has 1 aromatic carbocycles. The van der Waals surface area contributed by atoms with Crippen molar-refractivity contribution in [3.8, 4) is 0 Å². The topological polar surface area (TPSA) is 119 Å². The summed E-state index contributed by atoms with van der Waals surface area (Å²) in [5.74, 6) is -0.919. The third kappa shape index (κ3) is 7.46. The number of Topliss-reactive ketones (excluding diaryl/α,β-unsaturated/α-hetero) is 1. The van der Waals surface area contributed by atoms with Crippen LogP contribution in [-0.2, 0) is 35.7 Å². The molecule has 1 amide bonds. The molecule has 0 radical (unpaired) electrons. The molecule has 0 aliphatic carbocycles. The summed E-state index contributed by atoms with van der Waals surface area (Å²) in [5, 5.41) is 4.40. The second-order valence-corrected chi connectivity index (χ2v) is 10.2. The molecule has 33 heavy (non-hydrogen) atoms. The molecule has 1 aromatic heterocycles. The van der Waals surface area contributed by atoms with Crippen molar-refractivity contribution in [3.05, 3.63) is 52.2 Å². The molecule has 3 rings (SSSR count). The summed E-state index contributed by atoms with van der Waals surface area (Å²) in [6.45, 7) is 1.34. The Kier molecular flexibility index (Phi) is 9.12. The van der Waals surface area contributed by atoms with Crippen LogP contribution in [-0.4, -0.2) is 63.2 Å². The van der Waals surface area contributed by atoms with Gasteiger partial charge in [-0.15, -0.1) is 11.3 Å². The van der Waals surface area contributed by atoms with Gasteiger partial charge in [0.05, 0.1) is 29.4 Å². The van der Waals surface area contributed by atoms with Gasteiger partial charge in [0.25, 0.3) is 0 Å². The number of esters is 1. The highest BCUT2D eigenvalue weighted by molar-refractivity contribution is 7.89. The maximum absolute atomic E-state index is 12.7. The maximum atomic E-state index is 12.7. The van der Waals surface area contributed by atoms with Crippen LogP contribution in [0.4, 0.5) is 0 Å². The zero-order chi connectivity index (χ0) is 23.7. The first-order valence-corrected chi connectivity index (χ1v) is 12.8. The molecule has 0 spiro atoms. The molecule has 0 saturated carbocycles. The number of thiophene rings is 1. The predicted molar refractivity (Wildman–Crippen MR) is 121 cm³/mol. The fourth-order valence-corrected chi connectivity index (χ4v) is 5.32. The molecule has 1 aliphatic rings. The van der Waals surface area contributed by atoms with Crippen LogP contribution >= 0.6 is 11.3 Å². The van der Waals surface area contributed by atoms with Crippen LogP contribution in [0, 0.1) is 0 Å². The second kappa shape index (κ2) is 12.0. The molecule has 1 aliphatic heterocycles. The molecule has 1 N–H and O–H groups in total. The molecule has 0 unspecified atom stereocenters. The Morgan fingerprint density at radius 2 is 1.85 bits per heavy atom. The minimum Gasteiger partial charge on any atom is -0.461 e. The zero-order valence-electron chi connectivity index (χ0n) is 18.0. The largest absolute Gasteiger partial charge is 0.461 e. The lowest BCUT2D eigenvalue weighted by atomic mass is 10.2. The number of ether oxygens (including phenoxy) is 2. The van der Waals surface area contributed by atoms with Crippen LogP contribution in [0.25, 0.3) is 0 Å². The smallest absolute Gasteiger partial charge is 0.307 e. The Bertz CT molecular complexity index is 1060. The van der Waals surface area contributed by atoms with Crippen molar-refractivity contribution in [2.75, 3.05) is 32.8 Å². The highest BCUT2D eigenvalue weighted by Crippen LogP contribution is 2.19. The van der Waals surface area contributed by atoms with Crippen molar-refractivity contribution in [2.45, 2.75) is 30.8 Å². The summed E-state index contributed by atoms with van der Waals surface area (Å²) in [7, 11) is -3.63. The van der Waals surface area contributed by atoms with E-state index in [1.165, 1.54) is 27.8 Å². The molecular weight excluding hydrogens is 468 g/mol. The fourth-order valence-electron chi connectivity index (χ4n) is 3.15. The maximum Gasteiger partial charge on any atom is 0.307 e. The van der Waals surface area contributed by atoms with Gasteiger partial charge in [0.1, 0.15) is 6.61 Å². The van der Waals surface area contributed by atoms with Crippen LogP contribution in [0.15, 0.2) is 46.7 Å². The Labute approximate surface area is 196 Å². The molecule has 0 atom stereocenters. The number of rotatable bonds is 11. The Balaban J connectivity index is 1.38. The standard InChI is InChI=1S/C22H26N2O7S2/c25-19(20-5-2-14-32-20)6-7-21(26)23-9-8-22(27)31-16-17-3-1-4-18(15-17)33(28,29)24-10-12-30-13-11-24/h1-5,14-15H,6-13,16H2,(H,23,26). The first kappa shape index (κ1) is 25.0. The van der Waals surface area contributed by atoms with Gasteiger partial charge < -0.3 is 14.8 Å². The quantitative estimate of drug-likeness (QED) is 0.375. The van der Waals surface area contributed by atoms with E-state index in [0.717, 1.165) is 0 Å². The number of morpholine rings is 1. The first-order chi connectivity index (χ1) is 15.9. The van der Waals surface area contributed by atoms with Gasteiger partial charge in [-0.25, -0.2) is 8.42 Å². The Morgan fingerprint density at radius 3 is 2.58 bits per heavy atom. The molecule has 11 heteroatoms. The van der Waals surface area contributed by atoms with Gasteiger partial charge in [0, 0.05) is 32.5 Å². The summed E-state index contributed by atoms with van der Waals surface area (Å²) < 4.78 is 37.3. The number of hydrogen-bond acceptors (Lipinski definition) is 8. The normalized spacial score (nSPS) is 14.5. The lowest BCUT2D eigenvalue weighted by Gasteiger charge is -2.26. The van der Waals surface area contributed by atoms with Crippen molar-refractivity contribution in [1.82, 2.24) is 9.62 Å². The van der Waals surface area contributed by atoms with Crippen molar-refractivity contribution in [2.24, 2.45) is 0 Å². The van der Waals surface area contributed by atoms with Gasteiger partial charge in [-0.2, -0.15) is 4.31 Å². The van der Waals surface area contributed by atoms with Gasteiger partial charge in [-0.1, -0.05) is 18.2 Å². The molecule has 0 bridgehead atoms. The average molecular weight is 495 g/mol. The lowest BCUT2D eigenvalue weighted by Crippen LogP contribution is -2.40. The van der Waals surface area contributed by atoms with Gasteiger partial charge in [-0.05, 0) is 29.1 Å². The number of carbonyl (C=O) groups excluding carboxylic acids is 3. The van der Waals surface area contributed by atoms with E-state index < -0.39 is 16.0 Å².